The Bertz CT molecular complexity index is 208. The zero-order valence-electron chi connectivity index (χ0n) is 9.56. The van der Waals surface area contributed by atoms with Crippen LogP contribution >= 0.6 is 11.6 Å². The van der Waals surface area contributed by atoms with Crippen molar-refractivity contribution in [2.75, 3.05) is 13.1 Å². The minimum Gasteiger partial charge on any atom is -0.389 e. The van der Waals surface area contributed by atoms with E-state index in [4.69, 9.17) is 11.6 Å². The zero-order chi connectivity index (χ0) is 11.1. The van der Waals surface area contributed by atoms with E-state index in [0.29, 0.717) is 6.54 Å². The fourth-order valence-electron chi connectivity index (χ4n) is 2.09. The number of hydrogen-bond donors (Lipinski definition) is 2. The molecular weight excluding hydrogens is 210 g/mol. The molecule has 1 fully saturated rings. The van der Waals surface area contributed by atoms with Crippen LogP contribution in [0.5, 0.6) is 0 Å². The molecule has 0 aromatic carbocycles. The van der Waals surface area contributed by atoms with Gasteiger partial charge in [0, 0.05) is 18.6 Å². The summed E-state index contributed by atoms with van der Waals surface area (Å²) < 4.78 is 0. The van der Waals surface area contributed by atoms with Gasteiger partial charge >= 0.3 is 0 Å². The molecule has 3 heteroatoms. The lowest BCUT2D eigenvalue weighted by Crippen LogP contribution is -2.40. The van der Waals surface area contributed by atoms with Gasteiger partial charge in [-0.25, -0.2) is 0 Å². The van der Waals surface area contributed by atoms with Crippen molar-refractivity contribution >= 4 is 11.6 Å². The Kier molecular flexibility index (Phi) is 5.65. The molecule has 0 bridgehead atoms. The van der Waals surface area contributed by atoms with Gasteiger partial charge in [0.05, 0.1) is 5.60 Å². The van der Waals surface area contributed by atoms with Gasteiger partial charge in [-0.1, -0.05) is 37.3 Å². The van der Waals surface area contributed by atoms with Crippen LogP contribution < -0.4 is 5.32 Å². The topological polar surface area (TPSA) is 32.3 Å². The van der Waals surface area contributed by atoms with E-state index in [1.807, 2.05) is 6.92 Å². The number of hydrogen-bond acceptors (Lipinski definition) is 2. The van der Waals surface area contributed by atoms with Gasteiger partial charge in [0.1, 0.15) is 0 Å². The van der Waals surface area contributed by atoms with Gasteiger partial charge in [-0.3, -0.25) is 0 Å². The zero-order valence-corrected chi connectivity index (χ0v) is 10.3. The van der Waals surface area contributed by atoms with E-state index in [-0.39, 0.29) is 0 Å². The molecule has 0 spiro atoms. The van der Waals surface area contributed by atoms with Crippen molar-refractivity contribution in [1.82, 2.24) is 5.32 Å². The minimum absolute atomic E-state index is 0.483. The fraction of sp³-hybridized carbons (Fsp3) is 0.833. The third-order valence-electron chi connectivity index (χ3n) is 3.08. The van der Waals surface area contributed by atoms with Crippen molar-refractivity contribution in [3.05, 3.63) is 11.1 Å². The number of halogens is 1. The molecule has 0 heterocycles. The van der Waals surface area contributed by atoms with Crippen molar-refractivity contribution in [3.63, 3.8) is 0 Å². The van der Waals surface area contributed by atoms with E-state index in [0.717, 1.165) is 37.8 Å². The van der Waals surface area contributed by atoms with Crippen LogP contribution in [-0.4, -0.2) is 23.8 Å². The normalized spacial score (nSPS) is 22.5. The molecule has 1 rings (SSSR count). The third kappa shape index (κ3) is 5.01. The molecule has 0 amide bonds. The molecule has 2 nitrogen and oxygen atoms in total. The van der Waals surface area contributed by atoms with E-state index >= 15 is 0 Å². The van der Waals surface area contributed by atoms with E-state index in [2.05, 4.69) is 5.32 Å². The first kappa shape index (κ1) is 13.0. The Hall–Kier alpha value is -0.0500. The lowest BCUT2D eigenvalue weighted by Gasteiger charge is -2.27. The van der Waals surface area contributed by atoms with Crippen molar-refractivity contribution in [3.8, 4) is 0 Å². The molecule has 15 heavy (non-hydrogen) atoms. The maximum Gasteiger partial charge on any atom is 0.0771 e. The molecule has 88 valence electrons. The van der Waals surface area contributed by atoms with Crippen molar-refractivity contribution in [2.45, 2.75) is 51.0 Å². The Morgan fingerprint density at radius 1 is 1.33 bits per heavy atom. The first-order valence-corrected chi connectivity index (χ1v) is 6.29. The second kappa shape index (κ2) is 6.51. The quantitative estimate of drug-likeness (QED) is 0.730. The molecule has 0 atom stereocenters. The molecule has 1 aliphatic rings. The highest BCUT2D eigenvalue weighted by Crippen LogP contribution is 2.26. The van der Waals surface area contributed by atoms with Crippen LogP contribution in [0, 0.1) is 0 Å². The van der Waals surface area contributed by atoms with Crippen LogP contribution in [0.1, 0.15) is 45.4 Å². The summed E-state index contributed by atoms with van der Waals surface area (Å²) in [5, 5.41) is 13.6. The predicted molar refractivity (Wildman–Crippen MR) is 65.1 cm³/mol. The molecule has 0 unspecified atom stereocenters. The van der Waals surface area contributed by atoms with Gasteiger partial charge in [0.25, 0.3) is 0 Å². The SMILES string of the molecule is CC(=CCl)CNCC1(O)CCCCCC1. The Morgan fingerprint density at radius 2 is 1.93 bits per heavy atom. The maximum atomic E-state index is 10.3. The number of rotatable bonds is 4. The fourth-order valence-corrected chi connectivity index (χ4v) is 2.17. The highest BCUT2D eigenvalue weighted by atomic mass is 35.5. The molecule has 0 radical (unpaired) electrons. The predicted octanol–water partition coefficient (Wildman–Crippen LogP) is 2.80. The summed E-state index contributed by atoms with van der Waals surface area (Å²) >= 11 is 5.57. The van der Waals surface area contributed by atoms with E-state index in [1.165, 1.54) is 12.8 Å². The molecule has 1 aliphatic carbocycles. The van der Waals surface area contributed by atoms with Crippen molar-refractivity contribution in [1.29, 1.82) is 0 Å². The molecule has 0 aromatic heterocycles. The first-order valence-electron chi connectivity index (χ1n) is 5.85. The summed E-state index contributed by atoms with van der Waals surface area (Å²) in [6, 6.07) is 0. The van der Waals surface area contributed by atoms with Gasteiger partial charge in [-0.05, 0) is 25.3 Å². The van der Waals surface area contributed by atoms with Gasteiger partial charge in [-0.15, -0.1) is 0 Å². The molecular formula is C12H22ClNO. The lowest BCUT2D eigenvalue weighted by atomic mass is 9.94. The summed E-state index contributed by atoms with van der Waals surface area (Å²) in [6.45, 7) is 3.44. The molecule has 1 saturated carbocycles. The van der Waals surface area contributed by atoms with Gasteiger partial charge in [-0.2, -0.15) is 0 Å². The largest absolute Gasteiger partial charge is 0.389 e. The van der Waals surface area contributed by atoms with E-state index in [9.17, 15) is 5.11 Å². The van der Waals surface area contributed by atoms with Gasteiger partial charge in [0.2, 0.25) is 0 Å². The first-order chi connectivity index (χ1) is 7.16. The standard InChI is InChI=1S/C12H22ClNO/c1-11(8-13)9-14-10-12(15)6-4-2-3-5-7-12/h8,14-15H,2-7,9-10H2,1H3. The van der Waals surface area contributed by atoms with Crippen LogP contribution in [0.25, 0.3) is 0 Å². The van der Waals surface area contributed by atoms with Crippen molar-refractivity contribution in [2.24, 2.45) is 0 Å². The highest BCUT2D eigenvalue weighted by molar-refractivity contribution is 6.25. The molecule has 0 aliphatic heterocycles. The molecule has 0 saturated heterocycles. The second-order valence-electron chi connectivity index (χ2n) is 4.70. The Labute approximate surface area is 97.7 Å². The second-order valence-corrected chi connectivity index (χ2v) is 4.92. The van der Waals surface area contributed by atoms with E-state index < -0.39 is 5.60 Å². The molecule has 0 aromatic rings. The van der Waals surface area contributed by atoms with Crippen LogP contribution in [0.3, 0.4) is 0 Å². The van der Waals surface area contributed by atoms with Crippen molar-refractivity contribution < 1.29 is 5.11 Å². The van der Waals surface area contributed by atoms with Crippen LogP contribution in [-0.2, 0) is 0 Å². The summed E-state index contributed by atoms with van der Waals surface area (Å²) in [6.07, 6.45) is 6.71. The lowest BCUT2D eigenvalue weighted by molar-refractivity contribution is 0.0261. The average molecular weight is 232 g/mol. The van der Waals surface area contributed by atoms with Gasteiger partial charge in [0.15, 0.2) is 0 Å². The minimum atomic E-state index is -0.483. The smallest absolute Gasteiger partial charge is 0.0771 e. The summed E-state index contributed by atoms with van der Waals surface area (Å²) in [5.74, 6) is 0. The monoisotopic (exact) mass is 231 g/mol. The van der Waals surface area contributed by atoms with E-state index in [1.54, 1.807) is 5.54 Å². The number of aliphatic hydroxyl groups is 1. The summed E-state index contributed by atoms with van der Waals surface area (Å²) in [5.41, 5.74) is 2.21. The van der Waals surface area contributed by atoms with Gasteiger partial charge < -0.3 is 10.4 Å². The summed E-state index contributed by atoms with van der Waals surface area (Å²) in [7, 11) is 0. The Morgan fingerprint density at radius 3 is 2.47 bits per heavy atom. The summed E-state index contributed by atoms with van der Waals surface area (Å²) in [4.78, 5) is 0. The molecule has 2 N–H and O–H groups in total. The maximum absolute atomic E-state index is 10.3. The number of nitrogens with one attached hydrogen (secondary N) is 1. The third-order valence-corrected chi connectivity index (χ3v) is 3.45. The van der Waals surface area contributed by atoms with Crippen LogP contribution in [0.4, 0.5) is 0 Å². The highest BCUT2D eigenvalue weighted by Gasteiger charge is 2.27. The Balaban J connectivity index is 2.28. The average Bonchev–Trinajstić information content (AvgIpc) is 2.43. The van der Waals surface area contributed by atoms with Crippen LogP contribution in [0.2, 0.25) is 0 Å². The van der Waals surface area contributed by atoms with Crippen LogP contribution in [0.15, 0.2) is 11.1 Å².